The van der Waals surface area contributed by atoms with Crippen molar-refractivity contribution >= 4 is 29.3 Å². The minimum atomic E-state index is -0.142. The standard InChI is InChI=1S/C18H19ClN2O/c1-21(2)16-10-7-14(8-11-16)13-20-18(22)12-9-15-5-3-4-6-17(15)19/h3-12H,13H2,1-2H3,(H,20,22)/b12-9+. The molecule has 4 heteroatoms. The fourth-order valence-corrected chi connectivity index (χ4v) is 2.13. The number of rotatable bonds is 5. The SMILES string of the molecule is CN(C)c1ccc(CNC(=O)/C=C/c2ccccc2Cl)cc1. The number of carbonyl (C=O) groups is 1. The van der Waals surface area contributed by atoms with Crippen molar-refractivity contribution in [3.05, 3.63) is 70.8 Å². The Bertz CT molecular complexity index is 663. The van der Waals surface area contributed by atoms with E-state index in [4.69, 9.17) is 11.6 Å². The molecule has 0 fully saturated rings. The van der Waals surface area contributed by atoms with Crippen LogP contribution in [0.25, 0.3) is 6.08 Å². The Labute approximate surface area is 136 Å². The van der Waals surface area contributed by atoms with Crippen LogP contribution < -0.4 is 10.2 Å². The zero-order valence-corrected chi connectivity index (χ0v) is 13.5. The van der Waals surface area contributed by atoms with E-state index >= 15 is 0 Å². The van der Waals surface area contributed by atoms with Gasteiger partial charge in [0.1, 0.15) is 0 Å². The third-order valence-electron chi connectivity index (χ3n) is 3.24. The first kappa shape index (κ1) is 16.1. The highest BCUT2D eigenvalue weighted by Gasteiger charge is 2.00. The first-order chi connectivity index (χ1) is 10.6. The van der Waals surface area contributed by atoms with Gasteiger partial charge in [-0.1, -0.05) is 41.9 Å². The molecular weight excluding hydrogens is 296 g/mol. The lowest BCUT2D eigenvalue weighted by Crippen LogP contribution is -2.20. The molecule has 1 amide bonds. The topological polar surface area (TPSA) is 32.3 Å². The van der Waals surface area contributed by atoms with Crippen molar-refractivity contribution in [3.8, 4) is 0 Å². The quantitative estimate of drug-likeness (QED) is 0.853. The largest absolute Gasteiger partial charge is 0.378 e. The first-order valence-electron chi connectivity index (χ1n) is 7.03. The van der Waals surface area contributed by atoms with E-state index in [0.29, 0.717) is 11.6 Å². The van der Waals surface area contributed by atoms with Crippen molar-refractivity contribution in [2.24, 2.45) is 0 Å². The Hall–Kier alpha value is -2.26. The Balaban J connectivity index is 1.89. The molecule has 0 aliphatic rings. The van der Waals surface area contributed by atoms with Crippen LogP contribution in [0, 0.1) is 0 Å². The van der Waals surface area contributed by atoms with Crippen LogP contribution in [0.5, 0.6) is 0 Å². The molecule has 0 aliphatic carbocycles. The van der Waals surface area contributed by atoms with Gasteiger partial charge in [0.2, 0.25) is 5.91 Å². The molecule has 0 aliphatic heterocycles. The number of halogens is 1. The summed E-state index contributed by atoms with van der Waals surface area (Å²) in [6.45, 7) is 0.499. The maximum Gasteiger partial charge on any atom is 0.244 e. The van der Waals surface area contributed by atoms with Crippen LogP contribution in [-0.4, -0.2) is 20.0 Å². The van der Waals surface area contributed by atoms with Gasteiger partial charge < -0.3 is 10.2 Å². The van der Waals surface area contributed by atoms with Crippen molar-refractivity contribution in [1.29, 1.82) is 0 Å². The van der Waals surface area contributed by atoms with E-state index in [0.717, 1.165) is 16.8 Å². The number of nitrogens with zero attached hydrogens (tertiary/aromatic N) is 1. The van der Waals surface area contributed by atoms with Gasteiger partial charge in [-0.15, -0.1) is 0 Å². The summed E-state index contributed by atoms with van der Waals surface area (Å²) < 4.78 is 0. The fraction of sp³-hybridized carbons (Fsp3) is 0.167. The Morgan fingerprint density at radius 2 is 1.82 bits per heavy atom. The third kappa shape index (κ3) is 4.64. The molecule has 3 nitrogen and oxygen atoms in total. The van der Waals surface area contributed by atoms with Crippen LogP contribution in [0.1, 0.15) is 11.1 Å². The van der Waals surface area contributed by atoms with Crippen molar-refractivity contribution in [3.63, 3.8) is 0 Å². The minimum Gasteiger partial charge on any atom is -0.378 e. The van der Waals surface area contributed by atoms with Crippen LogP contribution in [0.4, 0.5) is 5.69 Å². The van der Waals surface area contributed by atoms with E-state index in [1.807, 2.05) is 61.5 Å². The Kier molecular flexibility index (Phi) is 5.61. The number of hydrogen-bond acceptors (Lipinski definition) is 2. The summed E-state index contributed by atoms with van der Waals surface area (Å²) in [5.74, 6) is -0.142. The van der Waals surface area contributed by atoms with E-state index in [9.17, 15) is 4.79 Å². The molecule has 1 N–H and O–H groups in total. The molecule has 22 heavy (non-hydrogen) atoms. The maximum absolute atomic E-state index is 11.8. The zero-order valence-electron chi connectivity index (χ0n) is 12.7. The Morgan fingerprint density at radius 3 is 2.45 bits per heavy atom. The molecular formula is C18H19ClN2O. The number of hydrogen-bond donors (Lipinski definition) is 1. The molecule has 0 heterocycles. The highest BCUT2D eigenvalue weighted by Crippen LogP contribution is 2.16. The highest BCUT2D eigenvalue weighted by molar-refractivity contribution is 6.32. The van der Waals surface area contributed by atoms with Gasteiger partial charge >= 0.3 is 0 Å². The molecule has 2 aromatic rings. The van der Waals surface area contributed by atoms with Gasteiger partial charge in [-0.3, -0.25) is 4.79 Å². The number of amides is 1. The van der Waals surface area contributed by atoms with Crippen LogP contribution in [-0.2, 0) is 11.3 Å². The molecule has 0 aromatic heterocycles. The summed E-state index contributed by atoms with van der Waals surface area (Å²) >= 11 is 6.03. The third-order valence-corrected chi connectivity index (χ3v) is 3.58. The lowest BCUT2D eigenvalue weighted by molar-refractivity contribution is -0.116. The maximum atomic E-state index is 11.8. The number of benzene rings is 2. The molecule has 0 radical (unpaired) electrons. The van der Waals surface area contributed by atoms with E-state index in [1.54, 1.807) is 12.1 Å². The highest BCUT2D eigenvalue weighted by atomic mass is 35.5. The van der Waals surface area contributed by atoms with Crippen LogP contribution >= 0.6 is 11.6 Å². The predicted octanol–water partition coefficient (Wildman–Crippen LogP) is 3.74. The summed E-state index contributed by atoms with van der Waals surface area (Å²) in [7, 11) is 3.99. The Morgan fingerprint density at radius 1 is 1.14 bits per heavy atom. The zero-order chi connectivity index (χ0) is 15.9. The van der Waals surface area contributed by atoms with E-state index in [-0.39, 0.29) is 5.91 Å². The summed E-state index contributed by atoms with van der Waals surface area (Å²) in [6, 6.07) is 15.5. The van der Waals surface area contributed by atoms with Gasteiger partial charge in [0.05, 0.1) is 0 Å². The van der Waals surface area contributed by atoms with Gasteiger partial charge in [-0.25, -0.2) is 0 Å². The van der Waals surface area contributed by atoms with Crippen LogP contribution in [0.3, 0.4) is 0 Å². The number of carbonyl (C=O) groups excluding carboxylic acids is 1. The van der Waals surface area contributed by atoms with Crippen LogP contribution in [0.15, 0.2) is 54.6 Å². The average molecular weight is 315 g/mol. The molecule has 0 saturated carbocycles. The first-order valence-corrected chi connectivity index (χ1v) is 7.41. The molecule has 0 atom stereocenters. The number of anilines is 1. The molecule has 0 saturated heterocycles. The summed E-state index contributed by atoms with van der Waals surface area (Å²) in [5, 5.41) is 3.49. The van der Waals surface area contributed by atoms with E-state index in [2.05, 4.69) is 5.32 Å². The molecule has 114 valence electrons. The van der Waals surface area contributed by atoms with Gasteiger partial charge in [0.15, 0.2) is 0 Å². The van der Waals surface area contributed by atoms with Gasteiger partial charge in [-0.05, 0) is 35.4 Å². The summed E-state index contributed by atoms with van der Waals surface area (Å²) in [5.41, 5.74) is 3.02. The molecule has 0 unspecified atom stereocenters. The summed E-state index contributed by atoms with van der Waals surface area (Å²) in [6.07, 6.45) is 3.21. The van der Waals surface area contributed by atoms with Gasteiger partial charge in [-0.2, -0.15) is 0 Å². The summed E-state index contributed by atoms with van der Waals surface area (Å²) in [4.78, 5) is 13.9. The van der Waals surface area contributed by atoms with Crippen molar-refractivity contribution in [1.82, 2.24) is 5.32 Å². The lowest BCUT2D eigenvalue weighted by atomic mass is 10.2. The van der Waals surface area contributed by atoms with Crippen molar-refractivity contribution in [2.75, 3.05) is 19.0 Å². The lowest BCUT2D eigenvalue weighted by Gasteiger charge is -2.12. The van der Waals surface area contributed by atoms with Crippen LogP contribution in [0.2, 0.25) is 5.02 Å². The second-order valence-electron chi connectivity index (χ2n) is 5.13. The van der Waals surface area contributed by atoms with E-state index in [1.165, 1.54) is 6.08 Å². The minimum absolute atomic E-state index is 0.142. The van der Waals surface area contributed by atoms with Gasteiger partial charge in [0.25, 0.3) is 0 Å². The van der Waals surface area contributed by atoms with Crippen molar-refractivity contribution < 1.29 is 4.79 Å². The molecule has 2 aromatic carbocycles. The second-order valence-corrected chi connectivity index (χ2v) is 5.54. The molecule has 2 rings (SSSR count). The second kappa shape index (κ2) is 7.66. The molecule has 0 spiro atoms. The molecule has 0 bridgehead atoms. The number of nitrogens with one attached hydrogen (secondary N) is 1. The van der Waals surface area contributed by atoms with Crippen molar-refractivity contribution in [2.45, 2.75) is 6.54 Å². The van der Waals surface area contributed by atoms with E-state index < -0.39 is 0 Å². The predicted molar refractivity (Wildman–Crippen MR) is 93.1 cm³/mol. The monoisotopic (exact) mass is 314 g/mol. The van der Waals surface area contributed by atoms with Gasteiger partial charge in [0, 0.05) is 37.4 Å². The normalized spacial score (nSPS) is 10.7. The fourth-order valence-electron chi connectivity index (χ4n) is 1.94. The smallest absolute Gasteiger partial charge is 0.244 e. The average Bonchev–Trinajstić information content (AvgIpc) is 2.52.